The lowest BCUT2D eigenvalue weighted by molar-refractivity contribution is -0.144. The first-order chi connectivity index (χ1) is 17.2. The van der Waals surface area contributed by atoms with E-state index in [4.69, 9.17) is 4.74 Å². The fraction of sp³-hybridized carbons (Fsp3) is 0.385. The zero-order valence-electron chi connectivity index (χ0n) is 20.4. The molecule has 200 valence electrons. The predicted molar refractivity (Wildman–Crippen MR) is 125 cm³/mol. The molecule has 1 heterocycles. The molecule has 11 heteroatoms. The van der Waals surface area contributed by atoms with Gasteiger partial charge in [-0.25, -0.2) is 0 Å². The molecule has 0 spiro atoms. The number of amides is 1. The largest absolute Gasteiger partial charge is 0.466 e. The summed E-state index contributed by atoms with van der Waals surface area (Å²) in [7, 11) is 3.11. The summed E-state index contributed by atoms with van der Waals surface area (Å²) in [5.74, 6) is -1.45. The van der Waals surface area contributed by atoms with Gasteiger partial charge in [-0.2, -0.15) is 26.3 Å². The van der Waals surface area contributed by atoms with Crippen molar-refractivity contribution < 1.29 is 40.7 Å². The standard InChI is InChI=1S/C26H26F6N2O3/c1-4-37-23(35)11-7-10-22(20-15-33(2)21-9-6-5-8-19(20)21)34(3)24(36)16-12-17(25(27,28)29)14-18(13-16)26(30,31)32/h5-6,8-9,12-15,22H,4,7,10-11H2,1-3H3. The normalized spacial score (nSPS) is 13.0. The van der Waals surface area contributed by atoms with Crippen molar-refractivity contribution in [2.45, 2.75) is 44.6 Å². The van der Waals surface area contributed by atoms with Crippen LogP contribution in [-0.2, 0) is 28.9 Å². The van der Waals surface area contributed by atoms with Gasteiger partial charge < -0.3 is 14.2 Å². The fourth-order valence-corrected chi connectivity index (χ4v) is 4.29. The number of aromatic nitrogens is 1. The van der Waals surface area contributed by atoms with Crippen LogP contribution in [0.1, 0.15) is 59.3 Å². The van der Waals surface area contributed by atoms with E-state index < -0.39 is 47.0 Å². The van der Waals surface area contributed by atoms with Gasteiger partial charge in [0.15, 0.2) is 0 Å². The Morgan fingerprint density at radius 3 is 2.16 bits per heavy atom. The number of esters is 1. The van der Waals surface area contributed by atoms with Crippen molar-refractivity contribution in [3.8, 4) is 0 Å². The van der Waals surface area contributed by atoms with Gasteiger partial charge in [0.05, 0.1) is 23.8 Å². The van der Waals surface area contributed by atoms with Crippen LogP contribution in [0.4, 0.5) is 26.3 Å². The van der Waals surface area contributed by atoms with Crippen molar-refractivity contribution in [1.29, 1.82) is 0 Å². The number of rotatable bonds is 8. The molecule has 0 radical (unpaired) electrons. The first kappa shape index (κ1) is 28.1. The summed E-state index contributed by atoms with van der Waals surface area (Å²) in [6, 6.07) is 7.35. The summed E-state index contributed by atoms with van der Waals surface area (Å²) in [6.07, 6.45) is -7.86. The molecule has 0 aliphatic heterocycles. The Bertz CT molecular complexity index is 1250. The highest BCUT2D eigenvalue weighted by atomic mass is 19.4. The van der Waals surface area contributed by atoms with Gasteiger partial charge in [-0.05, 0) is 44.0 Å². The predicted octanol–water partition coefficient (Wildman–Crippen LogP) is 6.76. The van der Waals surface area contributed by atoms with Crippen molar-refractivity contribution in [3.05, 3.63) is 70.9 Å². The van der Waals surface area contributed by atoms with Crippen LogP contribution in [0.2, 0.25) is 0 Å². The number of carbonyl (C=O) groups is 2. The number of benzene rings is 2. The molecule has 0 N–H and O–H groups in total. The Labute approximate surface area is 209 Å². The zero-order chi connectivity index (χ0) is 27.5. The topological polar surface area (TPSA) is 51.5 Å². The van der Waals surface area contributed by atoms with E-state index in [2.05, 4.69) is 0 Å². The van der Waals surface area contributed by atoms with Crippen LogP contribution in [0.3, 0.4) is 0 Å². The molecule has 0 bridgehead atoms. The molecule has 2 aromatic carbocycles. The fourth-order valence-electron chi connectivity index (χ4n) is 4.29. The van der Waals surface area contributed by atoms with Crippen LogP contribution < -0.4 is 0 Å². The summed E-state index contributed by atoms with van der Waals surface area (Å²) in [4.78, 5) is 26.3. The number of aryl methyl sites for hydroxylation is 1. The Morgan fingerprint density at radius 1 is 1.00 bits per heavy atom. The van der Waals surface area contributed by atoms with Gasteiger partial charge in [-0.15, -0.1) is 0 Å². The smallest absolute Gasteiger partial charge is 0.416 e. The van der Waals surface area contributed by atoms with E-state index in [0.717, 1.165) is 15.8 Å². The third kappa shape index (κ3) is 6.44. The molecule has 0 saturated heterocycles. The molecule has 3 aromatic rings. The minimum atomic E-state index is -5.08. The molecular weight excluding hydrogens is 502 g/mol. The number of nitrogens with zero attached hydrogens (tertiary/aromatic N) is 2. The summed E-state index contributed by atoms with van der Waals surface area (Å²) in [6.45, 7) is 1.86. The first-order valence-electron chi connectivity index (χ1n) is 11.5. The molecule has 1 unspecified atom stereocenters. The van der Waals surface area contributed by atoms with Gasteiger partial charge in [0.1, 0.15) is 0 Å². The van der Waals surface area contributed by atoms with Crippen LogP contribution in [0.5, 0.6) is 0 Å². The molecule has 0 fully saturated rings. The van der Waals surface area contributed by atoms with Gasteiger partial charge in [-0.3, -0.25) is 9.59 Å². The lowest BCUT2D eigenvalue weighted by Gasteiger charge is -2.29. The summed E-state index contributed by atoms with van der Waals surface area (Å²) in [5.41, 5.74) is -2.39. The lowest BCUT2D eigenvalue weighted by atomic mass is 9.97. The van der Waals surface area contributed by atoms with Crippen molar-refractivity contribution in [1.82, 2.24) is 9.47 Å². The maximum Gasteiger partial charge on any atom is 0.416 e. The number of hydrogen-bond donors (Lipinski definition) is 0. The van der Waals surface area contributed by atoms with Crippen molar-refractivity contribution >= 4 is 22.8 Å². The molecule has 37 heavy (non-hydrogen) atoms. The minimum Gasteiger partial charge on any atom is -0.466 e. The highest BCUT2D eigenvalue weighted by molar-refractivity contribution is 5.95. The maximum atomic E-state index is 13.4. The average Bonchev–Trinajstić information content (AvgIpc) is 3.16. The molecule has 0 aliphatic carbocycles. The van der Waals surface area contributed by atoms with Gasteiger partial charge in [-0.1, -0.05) is 18.2 Å². The van der Waals surface area contributed by atoms with E-state index in [-0.39, 0.29) is 31.9 Å². The summed E-state index contributed by atoms with van der Waals surface area (Å²) >= 11 is 0. The summed E-state index contributed by atoms with van der Waals surface area (Å²) in [5, 5.41) is 0.769. The molecule has 5 nitrogen and oxygen atoms in total. The second-order valence-electron chi connectivity index (χ2n) is 8.64. The number of hydrogen-bond acceptors (Lipinski definition) is 3. The second-order valence-corrected chi connectivity index (χ2v) is 8.64. The third-order valence-electron chi connectivity index (χ3n) is 6.07. The monoisotopic (exact) mass is 528 g/mol. The van der Waals surface area contributed by atoms with Crippen molar-refractivity contribution in [2.24, 2.45) is 7.05 Å². The van der Waals surface area contributed by atoms with E-state index in [9.17, 15) is 35.9 Å². The van der Waals surface area contributed by atoms with E-state index in [1.54, 1.807) is 26.2 Å². The van der Waals surface area contributed by atoms with Crippen LogP contribution in [-0.4, -0.2) is 35.0 Å². The highest BCUT2D eigenvalue weighted by Crippen LogP contribution is 2.38. The quantitative estimate of drug-likeness (QED) is 0.240. The number of ether oxygens (including phenoxy) is 1. The third-order valence-corrected chi connectivity index (χ3v) is 6.07. The van der Waals surface area contributed by atoms with Crippen LogP contribution in [0.25, 0.3) is 10.9 Å². The SMILES string of the molecule is CCOC(=O)CCCC(c1cn(C)c2ccccc12)N(C)C(=O)c1cc(C(F)(F)F)cc(C(F)(F)F)c1. The Hall–Kier alpha value is -3.50. The van der Waals surface area contributed by atoms with Gasteiger partial charge in [0.2, 0.25) is 0 Å². The van der Waals surface area contributed by atoms with Crippen molar-refractivity contribution in [3.63, 3.8) is 0 Å². The van der Waals surface area contributed by atoms with Gasteiger partial charge in [0.25, 0.3) is 5.91 Å². The Balaban J connectivity index is 2.04. The maximum absolute atomic E-state index is 13.4. The molecule has 1 atom stereocenters. The Kier molecular flexibility index (Phi) is 8.24. The molecule has 1 amide bonds. The number of carbonyl (C=O) groups excluding carboxylic acids is 2. The average molecular weight is 528 g/mol. The highest BCUT2D eigenvalue weighted by Gasteiger charge is 2.38. The Morgan fingerprint density at radius 2 is 1.59 bits per heavy atom. The van der Waals surface area contributed by atoms with Gasteiger partial charge in [0, 0.05) is 48.7 Å². The van der Waals surface area contributed by atoms with E-state index in [1.807, 2.05) is 22.8 Å². The number of halogens is 6. The molecule has 0 saturated carbocycles. The van der Waals surface area contributed by atoms with Crippen LogP contribution >= 0.6 is 0 Å². The van der Waals surface area contributed by atoms with E-state index >= 15 is 0 Å². The van der Waals surface area contributed by atoms with Crippen LogP contribution in [0, 0.1) is 0 Å². The molecule has 1 aromatic heterocycles. The second kappa shape index (κ2) is 10.9. The molecule has 3 rings (SSSR count). The number of fused-ring (bicyclic) bond motifs is 1. The zero-order valence-corrected chi connectivity index (χ0v) is 20.4. The van der Waals surface area contributed by atoms with E-state index in [0.29, 0.717) is 17.7 Å². The van der Waals surface area contributed by atoms with Gasteiger partial charge >= 0.3 is 18.3 Å². The van der Waals surface area contributed by atoms with Crippen molar-refractivity contribution in [2.75, 3.05) is 13.7 Å². The van der Waals surface area contributed by atoms with E-state index in [1.165, 1.54) is 7.05 Å². The molecular formula is C26H26F6N2O3. The molecule has 0 aliphatic rings. The first-order valence-corrected chi connectivity index (χ1v) is 11.5. The number of alkyl halides is 6. The summed E-state index contributed by atoms with van der Waals surface area (Å²) < 4.78 is 87.0. The van der Waals surface area contributed by atoms with Crippen LogP contribution in [0.15, 0.2) is 48.7 Å². The minimum absolute atomic E-state index is 0.0156. The number of para-hydroxylation sites is 1. The lowest BCUT2D eigenvalue weighted by Crippen LogP contribution is -2.32.